The molecule has 1 aromatic heterocycles. The number of rotatable bonds is 24. The number of aliphatic hydroxyl groups is 1. The fourth-order valence-electron chi connectivity index (χ4n) is 6.88. The van der Waals surface area contributed by atoms with Crippen LogP contribution < -0.4 is 10.6 Å². The van der Waals surface area contributed by atoms with E-state index in [4.69, 9.17) is 4.74 Å². The van der Waals surface area contributed by atoms with E-state index in [1.54, 1.807) is 12.3 Å². The third-order valence-corrected chi connectivity index (χ3v) is 11.4. The van der Waals surface area contributed by atoms with Crippen molar-refractivity contribution in [1.82, 2.24) is 25.4 Å². The van der Waals surface area contributed by atoms with Gasteiger partial charge in [0, 0.05) is 30.4 Å². The Bertz CT molecular complexity index is 1640. The molecule has 3 aromatic rings. The highest BCUT2D eigenvalue weighted by Crippen LogP contribution is 2.30. The Labute approximate surface area is 338 Å². The molecule has 308 valence electrons. The third kappa shape index (κ3) is 14.7. The minimum Gasteiger partial charge on any atom is -0.469 e. The van der Waals surface area contributed by atoms with Gasteiger partial charge in [-0.3, -0.25) is 24.1 Å². The summed E-state index contributed by atoms with van der Waals surface area (Å²) in [7, 11) is 3.28. The topological polar surface area (TPSA) is 141 Å². The Morgan fingerprint density at radius 1 is 0.893 bits per heavy atom. The molecule has 0 fully saturated rings. The molecule has 0 aliphatic heterocycles. The molecule has 0 saturated heterocycles. The maximum absolute atomic E-state index is 14.7. The molecule has 2 aromatic carbocycles. The summed E-state index contributed by atoms with van der Waals surface area (Å²) < 4.78 is 4.94. The highest BCUT2D eigenvalue weighted by Gasteiger charge is 2.36. The summed E-state index contributed by atoms with van der Waals surface area (Å²) in [5.41, 5.74) is 2.12. The molecule has 0 aliphatic carbocycles. The highest BCUT2D eigenvalue weighted by molar-refractivity contribution is 7.09. The first-order valence-corrected chi connectivity index (χ1v) is 21.0. The number of carbonyl (C=O) groups is 4. The van der Waals surface area contributed by atoms with Gasteiger partial charge in [-0.15, -0.1) is 11.3 Å². The van der Waals surface area contributed by atoms with Gasteiger partial charge in [-0.25, -0.2) is 4.98 Å². The average Bonchev–Trinajstić information content (AvgIpc) is 3.69. The summed E-state index contributed by atoms with van der Waals surface area (Å²) in [6.45, 7) is 13.3. The first-order chi connectivity index (χ1) is 26.8. The third-order valence-electron chi connectivity index (χ3n) is 10.4. The van der Waals surface area contributed by atoms with Crippen LogP contribution >= 0.6 is 11.3 Å². The maximum atomic E-state index is 14.7. The normalized spacial score (nSPS) is 14.7. The zero-order valence-corrected chi connectivity index (χ0v) is 35.5. The smallest absolute Gasteiger partial charge is 0.308 e. The quantitative estimate of drug-likeness (QED) is 0.0664. The summed E-state index contributed by atoms with van der Waals surface area (Å²) in [4.78, 5) is 62.3. The van der Waals surface area contributed by atoms with E-state index in [1.807, 2.05) is 105 Å². The second kappa shape index (κ2) is 23.8. The van der Waals surface area contributed by atoms with Gasteiger partial charge in [0.2, 0.25) is 11.8 Å². The first kappa shape index (κ1) is 46.3. The van der Waals surface area contributed by atoms with Crippen LogP contribution in [0.5, 0.6) is 0 Å². The molecule has 0 aliphatic rings. The first-order valence-electron chi connectivity index (χ1n) is 20.2. The molecule has 0 spiro atoms. The molecular formula is C44H65N5O6S. The number of benzene rings is 2. The minimum atomic E-state index is -1.06. The Hall–Kier alpha value is -4.13. The number of methoxy groups -OCH3 is 1. The van der Waals surface area contributed by atoms with Crippen molar-refractivity contribution in [1.29, 1.82) is 0 Å². The van der Waals surface area contributed by atoms with Crippen LogP contribution in [-0.2, 0) is 32.1 Å². The van der Waals surface area contributed by atoms with Crippen LogP contribution in [0, 0.1) is 17.8 Å². The number of aliphatic hydroxyl groups excluding tert-OH is 1. The molecule has 56 heavy (non-hydrogen) atoms. The molecule has 12 heteroatoms. The van der Waals surface area contributed by atoms with Gasteiger partial charge < -0.3 is 25.4 Å². The number of hydrogen-bond acceptors (Lipinski definition) is 9. The summed E-state index contributed by atoms with van der Waals surface area (Å²) in [5.74, 6) is -1.76. The second-order valence-corrected chi connectivity index (χ2v) is 16.4. The van der Waals surface area contributed by atoms with Crippen molar-refractivity contribution in [2.75, 3.05) is 27.2 Å². The van der Waals surface area contributed by atoms with Crippen molar-refractivity contribution < 1.29 is 29.0 Å². The number of amides is 3. The second-order valence-electron chi connectivity index (χ2n) is 15.5. The number of esters is 1. The molecule has 0 unspecified atom stereocenters. The standard InChI is InChI=1S/C44H65N5O6S/c1-9-11-18-23-48(7)28-39(51)47-40(31(5)10-2)43(53)49(27-34-21-16-13-17-22-34)37(30(3)4)26-38(50)42-46-36(29-56-42)41(52)45-35(24-32(6)44(54)55-8)25-33-19-14-12-15-20-33/h12-17,19-22,29-32,35,37-38,40,50H,9-11,18,23-28H2,1-8H3,(H,45,52)(H,47,51)/t31-,32-,35+,37+,38+,40-/m0/s1. The molecular weight excluding hydrogens is 727 g/mol. The van der Waals surface area contributed by atoms with Crippen molar-refractivity contribution in [2.45, 2.75) is 117 Å². The average molecular weight is 792 g/mol. The number of thiazole rings is 1. The maximum Gasteiger partial charge on any atom is 0.308 e. The van der Waals surface area contributed by atoms with Gasteiger partial charge in [0.05, 0.1) is 19.6 Å². The van der Waals surface area contributed by atoms with E-state index in [0.717, 1.165) is 36.9 Å². The summed E-state index contributed by atoms with van der Waals surface area (Å²) in [5, 5.41) is 19.8. The van der Waals surface area contributed by atoms with Crippen LogP contribution in [0.25, 0.3) is 0 Å². The van der Waals surface area contributed by atoms with Gasteiger partial charge in [-0.05, 0) is 55.8 Å². The number of ether oxygens (including phenoxy) is 1. The van der Waals surface area contributed by atoms with Crippen LogP contribution in [0.2, 0.25) is 0 Å². The Kier molecular flexibility index (Phi) is 19.7. The fourth-order valence-corrected chi connectivity index (χ4v) is 7.68. The summed E-state index contributed by atoms with van der Waals surface area (Å²) in [6, 6.07) is 17.9. The van der Waals surface area contributed by atoms with Gasteiger partial charge in [0.25, 0.3) is 5.91 Å². The lowest BCUT2D eigenvalue weighted by molar-refractivity contribution is -0.145. The number of carbonyl (C=O) groups excluding carboxylic acids is 4. The summed E-state index contributed by atoms with van der Waals surface area (Å²) in [6.07, 6.45) is 3.90. The number of nitrogens with zero attached hydrogens (tertiary/aromatic N) is 3. The lowest BCUT2D eigenvalue weighted by Crippen LogP contribution is -2.56. The van der Waals surface area contributed by atoms with E-state index >= 15 is 0 Å². The van der Waals surface area contributed by atoms with Crippen LogP contribution in [0.3, 0.4) is 0 Å². The predicted octanol–water partition coefficient (Wildman–Crippen LogP) is 6.81. The van der Waals surface area contributed by atoms with Crippen molar-refractivity contribution >= 4 is 35.0 Å². The molecule has 0 saturated carbocycles. The molecule has 3 amide bonds. The van der Waals surface area contributed by atoms with Gasteiger partial charge in [0.1, 0.15) is 22.8 Å². The predicted molar refractivity (Wildman–Crippen MR) is 223 cm³/mol. The van der Waals surface area contributed by atoms with Crippen LogP contribution in [0.1, 0.15) is 113 Å². The van der Waals surface area contributed by atoms with Crippen molar-refractivity contribution in [3.05, 3.63) is 87.9 Å². The zero-order valence-electron chi connectivity index (χ0n) is 34.7. The SMILES string of the molecule is CCCCCN(C)CC(=O)N[C@H](C(=O)N(Cc1ccccc1)[C@H](C[C@@H](O)c1nc(C(=O)N[C@@H](Cc2ccccc2)C[C@H](C)C(=O)OC)cs1)C(C)C)[C@@H](C)CC. The van der Waals surface area contributed by atoms with E-state index in [-0.39, 0.29) is 54.3 Å². The fraction of sp³-hybridized carbons (Fsp3) is 0.568. The summed E-state index contributed by atoms with van der Waals surface area (Å²) >= 11 is 1.19. The Balaban J connectivity index is 1.84. The Morgan fingerprint density at radius 2 is 1.54 bits per heavy atom. The van der Waals surface area contributed by atoms with Crippen LogP contribution in [0.4, 0.5) is 0 Å². The van der Waals surface area contributed by atoms with Gasteiger partial charge >= 0.3 is 5.97 Å². The largest absolute Gasteiger partial charge is 0.469 e. The van der Waals surface area contributed by atoms with E-state index < -0.39 is 30.0 Å². The number of nitrogens with one attached hydrogen (secondary N) is 2. The Morgan fingerprint density at radius 3 is 2.12 bits per heavy atom. The lowest BCUT2D eigenvalue weighted by Gasteiger charge is -2.39. The number of hydrogen-bond donors (Lipinski definition) is 3. The van der Waals surface area contributed by atoms with Crippen LogP contribution in [0.15, 0.2) is 66.0 Å². The molecule has 11 nitrogen and oxygen atoms in total. The van der Waals surface area contributed by atoms with Gasteiger partial charge in [-0.1, -0.05) is 121 Å². The van der Waals surface area contributed by atoms with E-state index in [2.05, 4.69) is 22.5 Å². The van der Waals surface area contributed by atoms with Crippen molar-refractivity contribution in [3.8, 4) is 0 Å². The molecule has 1 heterocycles. The number of likely N-dealkylation sites (N-methyl/N-ethyl adjacent to an activating group) is 1. The highest BCUT2D eigenvalue weighted by atomic mass is 32.1. The van der Waals surface area contributed by atoms with E-state index in [9.17, 15) is 24.3 Å². The van der Waals surface area contributed by atoms with Crippen molar-refractivity contribution in [3.63, 3.8) is 0 Å². The number of unbranched alkanes of at least 4 members (excludes halogenated alkanes) is 2. The molecule has 3 rings (SSSR count). The van der Waals surface area contributed by atoms with Gasteiger partial charge in [0.15, 0.2) is 0 Å². The van der Waals surface area contributed by atoms with E-state index in [1.165, 1.54) is 18.4 Å². The lowest BCUT2D eigenvalue weighted by atomic mass is 9.92. The van der Waals surface area contributed by atoms with Crippen molar-refractivity contribution in [2.24, 2.45) is 17.8 Å². The molecule has 0 radical (unpaired) electrons. The minimum absolute atomic E-state index is 0.0615. The molecule has 0 bridgehead atoms. The van der Waals surface area contributed by atoms with Crippen LogP contribution in [-0.4, -0.2) is 89.0 Å². The molecule has 6 atom stereocenters. The monoisotopic (exact) mass is 791 g/mol. The zero-order chi connectivity index (χ0) is 41.2. The van der Waals surface area contributed by atoms with E-state index in [0.29, 0.717) is 30.8 Å². The van der Waals surface area contributed by atoms with Gasteiger partial charge in [-0.2, -0.15) is 0 Å². The number of aromatic nitrogens is 1. The molecule has 3 N–H and O–H groups in total.